The first-order chi connectivity index (χ1) is 7.34. The second-order valence-corrected chi connectivity index (χ2v) is 4.88. The van der Waals surface area contributed by atoms with Crippen LogP contribution >= 0.6 is 0 Å². The van der Waals surface area contributed by atoms with E-state index in [0.29, 0.717) is 5.82 Å². The van der Waals surface area contributed by atoms with Crippen molar-refractivity contribution in [2.75, 3.05) is 5.73 Å². The lowest BCUT2D eigenvalue weighted by molar-refractivity contribution is 0.508. The fourth-order valence-electron chi connectivity index (χ4n) is 1.14. The van der Waals surface area contributed by atoms with Crippen molar-refractivity contribution in [2.24, 2.45) is 10.4 Å². The third kappa shape index (κ3) is 2.92. The molecular weight excluding hydrogens is 198 g/mol. The van der Waals surface area contributed by atoms with Crippen molar-refractivity contribution in [1.82, 2.24) is 4.98 Å². The molecule has 16 heavy (non-hydrogen) atoms. The lowest BCUT2D eigenvalue weighted by atomic mass is 9.87. The van der Waals surface area contributed by atoms with Crippen LogP contribution in [0, 0.1) is 5.41 Å². The molecule has 0 amide bonds. The van der Waals surface area contributed by atoms with Crippen LogP contribution in [0.2, 0.25) is 0 Å². The zero-order chi connectivity index (χ0) is 12.3. The van der Waals surface area contributed by atoms with Gasteiger partial charge in [-0.05, 0) is 37.3 Å². The molecule has 0 fully saturated rings. The van der Waals surface area contributed by atoms with Crippen molar-refractivity contribution in [1.29, 1.82) is 0 Å². The number of nitrogens with two attached hydrogens (primary N) is 1. The summed E-state index contributed by atoms with van der Waals surface area (Å²) >= 11 is 0. The van der Waals surface area contributed by atoms with Gasteiger partial charge in [-0.2, -0.15) is 0 Å². The van der Waals surface area contributed by atoms with E-state index in [-0.39, 0.29) is 5.41 Å². The number of nitrogens with zero attached hydrogens (tertiary/aromatic N) is 2. The average Bonchev–Trinajstić information content (AvgIpc) is 2.16. The highest BCUT2D eigenvalue weighted by atomic mass is 14.9. The van der Waals surface area contributed by atoms with Gasteiger partial charge in [0.1, 0.15) is 5.82 Å². The number of aliphatic imine (C=N–C) groups is 1. The largest absolute Gasteiger partial charge is 0.384 e. The number of aromatic nitrogens is 1. The van der Waals surface area contributed by atoms with E-state index in [4.69, 9.17) is 5.73 Å². The SMILES string of the molecule is C=Nc1ccc(N)nc1/C=C(\C)C(C)(C)C. The summed E-state index contributed by atoms with van der Waals surface area (Å²) in [5.74, 6) is 0.500. The van der Waals surface area contributed by atoms with E-state index in [2.05, 4.69) is 44.4 Å². The van der Waals surface area contributed by atoms with E-state index < -0.39 is 0 Å². The van der Waals surface area contributed by atoms with Crippen LogP contribution in [0.25, 0.3) is 6.08 Å². The molecule has 1 aromatic heterocycles. The molecule has 2 N–H and O–H groups in total. The summed E-state index contributed by atoms with van der Waals surface area (Å²) in [4.78, 5) is 8.20. The summed E-state index contributed by atoms with van der Waals surface area (Å²) in [5.41, 5.74) is 8.55. The molecule has 0 aliphatic heterocycles. The van der Waals surface area contributed by atoms with Gasteiger partial charge in [-0.25, -0.2) is 4.98 Å². The normalized spacial score (nSPS) is 12.6. The van der Waals surface area contributed by atoms with Crippen molar-refractivity contribution >= 4 is 24.3 Å². The van der Waals surface area contributed by atoms with Crippen LogP contribution in [0.4, 0.5) is 11.5 Å². The lowest BCUT2D eigenvalue weighted by Gasteiger charge is -2.19. The van der Waals surface area contributed by atoms with Crippen molar-refractivity contribution in [2.45, 2.75) is 27.7 Å². The Labute approximate surface area is 97.1 Å². The van der Waals surface area contributed by atoms with Gasteiger partial charge in [-0.1, -0.05) is 26.3 Å². The predicted molar refractivity (Wildman–Crippen MR) is 71.0 cm³/mol. The van der Waals surface area contributed by atoms with E-state index >= 15 is 0 Å². The highest BCUT2D eigenvalue weighted by Gasteiger charge is 2.13. The van der Waals surface area contributed by atoms with Crippen LogP contribution in [0.3, 0.4) is 0 Å². The molecule has 0 unspecified atom stereocenters. The van der Waals surface area contributed by atoms with Crippen LogP contribution in [0.15, 0.2) is 22.7 Å². The molecular formula is C13H19N3. The second kappa shape index (κ2) is 4.47. The molecule has 3 heteroatoms. The fourth-order valence-corrected chi connectivity index (χ4v) is 1.14. The first kappa shape index (κ1) is 12.4. The summed E-state index contributed by atoms with van der Waals surface area (Å²) in [6.45, 7) is 12.1. The van der Waals surface area contributed by atoms with Crippen LogP contribution in [-0.2, 0) is 0 Å². The smallest absolute Gasteiger partial charge is 0.124 e. The van der Waals surface area contributed by atoms with Crippen molar-refractivity contribution in [3.05, 3.63) is 23.4 Å². The summed E-state index contributed by atoms with van der Waals surface area (Å²) in [5, 5.41) is 0. The van der Waals surface area contributed by atoms with Crippen LogP contribution < -0.4 is 5.73 Å². The average molecular weight is 217 g/mol. The molecule has 0 aliphatic carbocycles. The topological polar surface area (TPSA) is 51.3 Å². The van der Waals surface area contributed by atoms with Gasteiger partial charge in [-0.3, -0.25) is 4.99 Å². The minimum Gasteiger partial charge on any atom is -0.384 e. The molecule has 0 aliphatic rings. The highest BCUT2D eigenvalue weighted by Crippen LogP contribution is 2.29. The summed E-state index contributed by atoms with van der Waals surface area (Å²) in [7, 11) is 0. The number of rotatable bonds is 2. The number of hydrogen-bond acceptors (Lipinski definition) is 3. The van der Waals surface area contributed by atoms with E-state index in [1.54, 1.807) is 6.07 Å². The molecule has 3 nitrogen and oxygen atoms in total. The Morgan fingerprint density at radius 3 is 2.56 bits per heavy atom. The van der Waals surface area contributed by atoms with Gasteiger partial charge in [0, 0.05) is 0 Å². The van der Waals surface area contributed by atoms with Gasteiger partial charge in [-0.15, -0.1) is 0 Å². The quantitative estimate of drug-likeness (QED) is 0.771. The van der Waals surface area contributed by atoms with E-state index in [1.165, 1.54) is 5.57 Å². The minimum absolute atomic E-state index is 0.116. The van der Waals surface area contributed by atoms with Gasteiger partial charge in [0.25, 0.3) is 0 Å². The maximum atomic E-state index is 5.66. The summed E-state index contributed by atoms with van der Waals surface area (Å²) < 4.78 is 0. The van der Waals surface area contributed by atoms with Gasteiger partial charge in [0.15, 0.2) is 0 Å². The molecule has 1 rings (SSSR count). The number of hydrogen-bond donors (Lipinski definition) is 1. The first-order valence-electron chi connectivity index (χ1n) is 5.26. The molecule has 86 valence electrons. The maximum absolute atomic E-state index is 5.66. The number of nitrogen functional groups attached to an aromatic ring is 1. The Hall–Kier alpha value is -1.64. The Balaban J connectivity index is 3.23. The monoisotopic (exact) mass is 217 g/mol. The Kier molecular flexibility index (Phi) is 3.48. The first-order valence-corrected chi connectivity index (χ1v) is 5.26. The van der Waals surface area contributed by atoms with Gasteiger partial charge in [0.05, 0.1) is 11.4 Å². The van der Waals surface area contributed by atoms with Gasteiger partial charge < -0.3 is 5.73 Å². The zero-order valence-corrected chi connectivity index (χ0v) is 10.4. The van der Waals surface area contributed by atoms with E-state index in [9.17, 15) is 0 Å². The number of anilines is 1. The molecule has 0 atom stereocenters. The minimum atomic E-state index is 0.116. The van der Waals surface area contributed by atoms with Crippen LogP contribution in [0.5, 0.6) is 0 Å². The van der Waals surface area contributed by atoms with Crippen molar-refractivity contribution in [3.8, 4) is 0 Å². The van der Waals surface area contributed by atoms with Crippen molar-refractivity contribution < 1.29 is 0 Å². The third-order valence-electron chi connectivity index (χ3n) is 2.63. The number of allylic oxidation sites excluding steroid dienone is 1. The third-order valence-corrected chi connectivity index (χ3v) is 2.63. The Morgan fingerprint density at radius 2 is 2.06 bits per heavy atom. The predicted octanol–water partition coefficient (Wildman–Crippen LogP) is 3.45. The Morgan fingerprint density at radius 1 is 1.44 bits per heavy atom. The fraction of sp³-hybridized carbons (Fsp3) is 0.385. The summed E-state index contributed by atoms with van der Waals surface area (Å²) in [6, 6.07) is 3.56. The molecule has 0 bridgehead atoms. The standard InChI is InChI=1S/C13H19N3/c1-9(13(2,3)4)8-11-10(15-5)6-7-12(14)16-11/h6-8H,5H2,1-4H3,(H2,14,16)/b9-8+. The molecule has 1 aromatic rings. The van der Waals surface area contributed by atoms with E-state index in [0.717, 1.165) is 11.4 Å². The van der Waals surface area contributed by atoms with Crippen molar-refractivity contribution in [3.63, 3.8) is 0 Å². The summed E-state index contributed by atoms with van der Waals surface area (Å²) in [6.07, 6.45) is 2.01. The molecule has 1 heterocycles. The Bertz CT molecular complexity index is 425. The lowest BCUT2D eigenvalue weighted by Crippen LogP contribution is -2.06. The highest BCUT2D eigenvalue weighted by molar-refractivity contribution is 5.66. The van der Waals surface area contributed by atoms with E-state index in [1.807, 2.05) is 12.1 Å². The molecule has 0 saturated carbocycles. The maximum Gasteiger partial charge on any atom is 0.124 e. The number of pyridine rings is 1. The molecule has 0 saturated heterocycles. The van der Waals surface area contributed by atoms with Crippen LogP contribution in [0.1, 0.15) is 33.4 Å². The molecule has 0 spiro atoms. The second-order valence-electron chi connectivity index (χ2n) is 4.88. The molecule has 0 radical (unpaired) electrons. The van der Waals surface area contributed by atoms with Crippen LogP contribution in [-0.4, -0.2) is 11.7 Å². The van der Waals surface area contributed by atoms with Gasteiger partial charge in [0.2, 0.25) is 0 Å². The van der Waals surface area contributed by atoms with Gasteiger partial charge >= 0.3 is 0 Å². The molecule has 0 aromatic carbocycles. The zero-order valence-electron chi connectivity index (χ0n) is 10.4.